The molecule has 6 heteroatoms. The zero-order valence-corrected chi connectivity index (χ0v) is 10.4. The Morgan fingerprint density at radius 2 is 1.79 bits per heavy atom. The van der Waals surface area contributed by atoms with Gasteiger partial charge in [-0.25, -0.2) is 9.59 Å². The van der Waals surface area contributed by atoms with Crippen molar-refractivity contribution in [3.8, 4) is 11.8 Å². The molecule has 0 aromatic heterocycles. The maximum Gasteiger partial charge on any atom is 0.513 e. The average molecular weight is 261 g/mol. The van der Waals surface area contributed by atoms with E-state index in [1.165, 1.54) is 32.4 Å². The van der Waals surface area contributed by atoms with Crippen LogP contribution in [0.4, 0.5) is 4.79 Å². The molecule has 0 aliphatic carbocycles. The van der Waals surface area contributed by atoms with E-state index in [0.29, 0.717) is 11.3 Å². The third-order valence-corrected chi connectivity index (χ3v) is 2.08. The molecule has 0 fully saturated rings. The molecule has 0 N–H and O–H groups in total. The molecule has 19 heavy (non-hydrogen) atoms. The lowest BCUT2D eigenvalue weighted by Crippen LogP contribution is -2.07. The number of carbonyl (C=O) groups excluding carboxylic acids is 2. The van der Waals surface area contributed by atoms with Gasteiger partial charge in [0.15, 0.2) is 0 Å². The predicted molar refractivity (Wildman–Crippen MR) is 65.1 cm³/mol. The van der Waals surface area contributed by atoms with Crippen molar-refractivity contribution < 1.29 is 23.8 Å². The normalized spacial score (nSPS) is 10.3. The monoisotopic (exact) mass is 261 g/mol. The number of benzene rings is 1. The molecule has 0 unspecified atom stereocenters. The van der Waals surface area contributed by atoms with Crippen molar-refractivity contribution in [2.45, 2.75) is 0 Å². The Hall–Kier alpha value is -2.81. The smallest absolute Gasteiger partial charge is 0.465 e. The largest absolute Gasteiger partial charge is 0.513 e. The third-order valence-electron chi connectivity index (χ3n) is 2.08. The number of nitriles is 1. The third kappa shape index (κ3) is 4.16. The Balaban J connectivity index is 2.87. The first kappa shape index (κ1) is 14.3. The Labute approximate surface area is 109 Å². The van der Waals surface area contributed by atoms with Gasteiger partial charge in [0.2, 0.25) is 0 Å². The number of carbonyl (C=O) groups is 2. The SMILES string of the molecule is COC(=O)Oc1ccc(C=C(C#N)C(=O)OC)cc1. The van der Waals surface area contributed by atoms with Crippen LogP contribution in [0.3, 0.4) is 0 Å². The molecular weight excluding hydrogens is 250 g/mol. The molecule has 98 valence electrons. The predicted octanol–water partition coefficient (Wildman–Crippen LogP) is 1.91. The summed E-state index contributed by atoms with van der Waals surface area (Å²) >= 11 is 0. The van der Waals surface area contributed by atoms with Crippen LogP contribution in [0.5, 0.6) is 5.75 Å². The van der Waals surface area contributed by atoms with Crippen LogP contribution in [-0.4, -0.2) is 26.3 Å². The first-order valence-electron chi connectivity index (χ1n) is 5.16. The van der Waals surface area contributed by atoms with Crippen LogP contribution in [0.1, 0.15) is 5.56 Å². The molecule has 0 bridgehead atoms. The summed E-state index contributed by atoms with van der Waals surface area (Å²) in [5, 5.41) is 8.79. The van der Waals surface area contributed by atoms with Gasteiger partial charge in [-0.2, -0.15) is 5.26 Å². The minimum absolute atomic E-state index is 0.121. The minimum atomic E-state index is -0.824. The summed E-state index contributed by atoms with van der Waals surface area (Å²) < 4.78 is 13.6. The molecule has 1 aromatic carbocycles. The van der Waals surface area contributed by atoms with Crippen LogP contribution in [0, 0.1) is 11.3 Å². The fourth-order valence-electron chi connectivity index (χ4n) is 1.18. The number of hydrogen-bond acceptors (Lipinski definition) is 6. The second-order valence-electron chi connectivity index (χ2n) is 3.29. The van der Waals surface area contributed by atoms with Gasteiger partial charge in [-0.3, -0.25) is 0 Å². The fourth-order valence-corrected chi connectivity index (χ4v) is 1.18. The summed E-state index contributed by atoms with van der Waals surface area (Å²) in [6, 6.07) is 7.92. The standard InChI is InChI=1S/C13H11NO5/c1-17-12(15)10(8-14)7-9-3-5-11(6-4-9)19-13(16)18-2/h3-7H,1-2H3. The molecule has 0 radical (unpaired) electrons. The lowest BCUT2D eigenvalue weighted by molar-refractivity contribution is -0.135. The zero-order chi connectivity index (χ0) is 14.3. The maximum atomic E-state index is 11.2. The summed E-state index contributed by atoms with van der Waals surface area (Å²) in [5.41, 5.74) is 0.475. The van der Waals surface area contributed by atoms with Crippen LogP contribution in [0.15, 0.2) is 29.8 Å². The van der Waals surface area contributed by atoms with Gasteiger partial charge in [0, 0.05) is 0 Å². The number of hydrogen-bond donors (Lipinski definition) is 0. The Kier molecular flexibility index (Phi) is 5.11. The Bertz CT molecular complexity index is 539. The van der Waals surface area contributed by atoms with Crippen molar-refractivity contribution in [3.05, 3.63) is 35.4 Å². The average Bonchev–Trinajstić information content (AvgIpc) is 2.45. The van der Waals surface area contributed by atoms with Crippen molar-refractivity contribution in [1.82, 2.24) is 0 Å². The second kappa shape index (κ2) is 6.81. The van der Waals surface area contributed by atoms with Crippen LogP contribution >= 0.6 is 0 Å². The number of methoxy groups -OCH3 is 2. The number of esters is 1. The van der Waals surface area contributed by atoms with Gasteiger partial charge < -0.3 is 14.2 Å². The van der Waals surface area contributed by atoms with Gasteiger partial charge in [-0.15, -0.1) is 0 Å². The molecule has 6 nitrogen and oxygen atoms in total. The van der Waals surface area contributed by atoms with E-state index in [0.717, 1.165) is 0 Å². The molecule has 1 aromatic rings. The Morgan fingerprint density at radius 3 is 2.26 bits per heavy atom. The van der Waals surface area contributed by atoms with Crippen LogP contribution in [0.2, 0.25) is 0 Å². The highest BCUT2D eigenvalue weighted by atomic mass is 16.7. The summed E-state index contributed by atoms with van der Waals surface area (Å²) in [7, 11) is 2.40. The molecular formula is C13H11NO5. The van der Waals surface area contributed by atoms with Crippen LogP contribution in [-0.2, 0) is 14.3 Å². The number of ether oxygens (including phenoxy) is 3. The summed E-state index contributed by atoms with van der Waals surface area (Å²) in [6.07, 6.45) is 0.545. The molecule has 0 aliphatic heterocycles. The van der Waals surface area contributed by atoms with Gasteiger partial charge in [-0.1, -0.05) is 12.1 Å². The second-order valence-corrected chi connectivity index (χ2v) is 3.29. The van der Waals surface area contributed by atoms with E-state index in [1.807, 2.05) is 0 Å². The van der Waals surface area contributed by atoms with E-state index >= 15 is 0 Å². The van der Waals surface area contributed by atoms with E-state index in [4.69, 9.17) is 10.00 Å². The molecule has 0 amide bonds. The van der Waals surface area contributed by atoms with Gasteiger partial charge >= 0.3 is 12.1 Å². The quantitative estimate of drug-likeness (QED) is 0.357. The maximum absolute atomic E-state index is 11.2. The highest BCUT2D eigenvalue weighted by molar-refractivity contribution is 5.97. The molecule has 0 atom stereocenters. The van der Waals surface area contributed by atoms with E-state index in [-0.39, 0.29) is 5.57 Å². The molecule has 0 saturated heterocycles. The van der Waals surface area contributed by atoms with Crippen molar-refractivity contribution >= 4 is 18.2 Å². The van der Waals surface area contributed by atoms with E-state index in [1.54, 1.807) is 18.2 Å². The summed E-state index contributed by atoms with van der Waals surface area (Å²) in [4.78, 5) is 22.1. The molecule has 1 rings (SSSR count). The van der Waals surface area contributed by atoms with Crippen LogP contribution < -0.4 is 4.74 Å². The Morgan fingerprint density at radius 1 is 1.16 bits per heavy atom. The highest BCUT2D eigenvalue weighted by Crippen LogP contribution is 2.15. The minimum Gasteiger partial charge on any atom is -0.465 e. The van der Waals surface area contributed by atoms with Crippen molar-refractivity contribution in [1.29, 1.82) is 5.26 Å². The lowest BCUT2D eigenvalue weighted by atomic mass is 10.1. The summed E-state index contributed by atoms with van der Waals surface area (Å²) in [5.74, 6) is -0.419. The number of nitrogens with zero attached hydrogens (tertiary/aromatic N) is 1. The van der Waals surface area contributed by atoms with Gasteiger partial charge in [-0.05, 0) is 23.8 Å². The molecule has 0 saturated carbocycles. The van der Waals surface area contributed by atoms with E-state index in [9.17, 15) is 9.59 Å². The fraction of sp³-hybridized carbons (Fsp3) is 0.154. The van der Waals surface area contributed by atoms with Crippen molar-refractivity contribution in [2.75, 3.05) is 14.2 Å². The van der Waals surface area contributed by atoms with Gasteiger partial charge in [0.25, 0.3) is 0 Å². The van der Waals surface area contributed by atoms with Gasteiger partial charge in [0.1, 0.15) is 17.4 Å². The van der Waals surface area contributed by atoms with Crippen molar-refractivity contribution in [2.24, 2.45) is 0 Å². The molecule has 0 spiro atoms. The van der Waals surface area contributed by atoms with Crippen LogP contribution in [0.25, 0.3) is 6.08 Å². The zero-order valence-electron chi connectivity index (χ0n) is 10.4. The number of rotatable bonds is 3. The highest BCUT2D eigenvalue weighted by Gasteiger charge is 2.08. The lowest BCUT2D eigenvalue weighted by Gasteiger charge is -2.02. The first-order valence-corrected chi connectivity index (χ1v) is 5.16. The molecule has 0 heterocycles. The van der Waals surface area contributed by atoms with E-state index < -0.39 is 12.1 Å². The topological polar surface area (TPSA) is 85.6 Å². The summed E-state index contributed by atoms with van der Waals surface area (Å²) in [6.45, 7) is 0. The van der Waals surface area contributed by atoms with E-state index in [2.05, 4.69) is 9.47 Å². The molecule has 0 aliphatic rings. The first-order chi connectivity index (χ1) is 9.10. The van der Waals surface area contributed by atoms with Gasteiger partial charge in [0.05, 0.1) is 14.2 Å². The van der Waals surface area contributed by atoms with Crippen molar-refractivity contribution in [3.63, 3.8) is 0 Å².